The maximum absolute atomic E-state index is 13.3. The number of hydrogen-bond donors (Lipinski definition) is 1. The third kappa shape index (κ3) is 2.94. The zero-order chi connectivity index (χ0) is 12.3. The third-order valence-electron chi connectivity index (χ3n) is 2.32. The summed E-state index contributed by atoms with van der Waals surface area (Å²) < 4.78 is 26.3. The Morgan fingerprint density at radius 2 is 1.82 bits per heavy atom. The lowest BCUT2D eigenvalue weighted by molar-refractivity contribution is 0.511. The van der Waals surface area contributed by atoms with Gasteiger partial charge in [-0.2, -0.15) is 0 Å². The molecule has 0 aromatic heterocycles. The van der Waals surface area contributed by atoms with Crippen LogP contribution in [-0.2, 0) is 6.54 Å². The van der Waals surface area contributed by atoms with Crippen molar-refractivity contribution >= 4 is 17.3 Å². The SMILES string of the molecule is Fc1cccc(NCc2cccc(Cl)c2)c1F. The Labute approximate surface area is 103 Å². The number of nitrogens with one attached hydrogen (secondary N) is 1. The summed E-state index contributed by atoms with van der Waals surface area (Å²) in [6.07, 6.45) is 0. The van der Waals surface area contributed by atoms with Crippen LogP contribution in [-0.4, -0.2) is 0 Å². The summed E-state index contributed by atoms with van der Waals surface area (Å²) in [4.78, 5) is 0. The van der Waals surface area contributed by atoms with Gasteiger partial charge in [-0.25, -0.2) is 8.78 Å². The summed E-state index contributed by atoms with van der Waals surface area (Å²) in [6.45, 7) is 0.390. The average molecular weight is 254 g/mol. The van der Waals surface area contributed by atoms with Crippen LogP contribution in [0.2, 0.25) is 5.02 Å². The van der Waals surface area contributed by atoms with Gasteiger partial charge in [-0.05, 0) is 29.8 Å². The van der Waals surface area contributed by atoms with Crippen LogP contribution in [0.5, 0.6) is 0 Å². The number of rotatable bonds is 3. The van der Waals surface area contributed by atoms with Gasteiger partial charge in [-0.15, -0.1) is 0 Å². The van der Waals surface area contributed by atoms with Crippen LogP contribution in [0, 0.1) is 11.6 Å². The van der Waals surface area contributed by atoms with Crippen molar-refractivity contribution in [1.29, 1.82) is 0 Å². The van der Waals surface area contributed by atoms with E-state index in [1.54, 1.807) is 18.2 Å². The quantitative estimate of drug-likeness (QED) is 0.863. The summed E-state index contributed by atoms with van der Waals surface area (Å²) in [5.74, 6) is -1.73. The van der Waals surface area contributed by atoms with Crippen molar-refractivity contribution in [2.45, 2.75) is 6.54 Å². The van der Waals surface area contributed by atoms with Crippen LogP contribution in [0.4, 0.5) is 14.5 Å². The summed E-state index contributed by atoms with van der Waals surface area (Å²) in [7, 11) is 0. The number of halogens is 3. The van der Waals surface area contributed by atoms with Crippen molar-refractivity contribution < 1.29 is 8.78 Å². The third-order valence-corrected chi connectivity index (χ3v) is 2.56. The Morgan fingerprint density at radius 3 is 2.59 bits per heavy atom. The van der Waals surface area contributed by atoms with Gasteiger partial charge in [0.15, 0.2) is 11.6 Å². The number of anilines is 1. The fourth-order valence-corrected chi connectivity index (χ4v) is 1.70. The van der Waals surface area contributed by atoms with E-state index in [0.29, 0.717) is 11.6 Å². The average Bonchev–Trinajstić information content (AvgIpc) is 2.31. The van der Waals surface area contributed by atoms with E-state index < -0.39 is 11.6 Å². The first-order valence-corrected chi connectivity index (χ1v) is 5.47. The smallest absolute Gasteiger partial charge is 0.181 e. The second kappa shape index (κ2) is 5.15. The van der Waals surface area contributed by atoms with E-state index in [9.17, 15) is 8.78 Å². The Balaban J connectivity index is 2.10. The van der Waals surface area contributed by atoms with Gasteiger partial charge >= 0.3 is 0 Å². The van der Waals surface area contributed by atoms with Crippen molar-refractivity contribution in [2.75, 3.05) is 5.32 Å². The van der Waals surface area contributed by atoms with E-state index in [0.717, 1.165) is 11.6 Å². The van der Waals surface area contributed by atoms with Gasteiger partial charge in [-0.3, -0.25) is 0 Å². The molecule has 2 aromatic rings. The Morgan fingerprint density at radius 1 is 1.06 bits per heavy atom. The first-order chi connectivity index (χ1) is 8.16. The van der Waals surface area contributed by atoms with Gasteiger partial charge in [-0.1, -0.05) is 29.8 Å². The molecular formula is C13H10ClF2N. The molecule has 4 heteroatoms. The predicted octanol–water partition coefficient (Wildman–Crippen LogP) is 4.23. The molecule has 0 amide bonds. The monoisotopic (exact) mass is 253 g/mol. The molecule has 2 rings (SSSR count). The normalized spacial score (nSPS) is 10.3. The Bertz CT molecular complexity index is 529. The maximum Gasteiger partial charge on any atom is 0.181 e. The van der Waals surface area contributed by atoms with Crippen LogP contribution in [0.15, 0.2) is 42.5 Å². The van der Waals surface area contributed by atoms with Gasteiger partial charge in [0.05, 0.1) is 5.69 Å². The van der Waals surface area contributed by atoms with Crippen LogP contribution >= 0.6 is 11.6 Å². The molecule has 0 bridgehead atoms. The lowest BCUT2D eigenvalue weighted by atomic mass is 10.2. The first-order valence-electron chi connectivity index (χ1n) is 5.09. The van der Waals surface area contributed by atoms with Crippen LogP contribution < -0.4 is 5.32 Å². The van der Waals surface area contributed by atoms with Crippen molar-refractivity contribution in [3.63, 3.8) is 0 Å². The lowest BCUT2D eigenvalue weighted by Crippen LogP contribution is -2.02. The molecule has 0 fully saturated rings. The van der Waals surface area contributed by atoms with E-state index in [1.165, 1.54) is 12.1 Å². The Kier molecular flexibility index (Phi) is 3.59. The highest BCUT2D eigenvalue weighted by Gasteiger charge is 2.06. The molecule has 17 heavy (non-hydrogen) atoms. The molecule has 2 aromatic carbocycles. The van der Waals surface area contributed by atoms with Gasteiger partial charge in [0.25, 0.3) is 0 Å². The van der Waals surface area contributed by atoms with Crippen molar-refractivity contribution in [3.05, 3.63) is 64.7 Å². The molecule has 0 saturated heterocycles. The van der Waals surface area contributed by atoms with Crippen molar-refractivity contribution in [3.8, 4) is 0 Å². The molecule has 0 aliphatic rings. The van der Waals surface area contributed by atoms with E-state index >= 15 is 0 Å². The van der Waals surface area contributed by atoms with E-state index in [4.69, 9.17) is 11.6 Å². The minimum atomic E-state index is -0.866. The molecule has 0 radical (unpaired) electrons. The second-order valence-corrected chi connectivity index (χ2v) is 4.02. The lowest BCUT2D eigenvalue weighted by Gasteiger charge is -2.08. The predicted molar refractivity (Wildman–Crippen MR) is 65.1 cm³/mol. The first kappa shape index (κ1) is 11.9. The summed E-state index contributed by atoms with van der Waals surface area (Å²) in [5, 5.41) is 3.44. The highest BCUT2D eigenvalue weighted by Crippen LogP contribution is 2.18. The molecule has 0 unspecified atom stereocenters. The molecule has 0 heterocycles. The van der Waals surface area contributed by atoms with Crippen molar-refractivity contribution in [1.82, 2.24) is 0 Å². The number of hydrogen-bond acceptors (Lipinski definition) is 1. The van der Waals surface area contributed by atoms with Crippen LogP contribution in [0.25, 0.3) is 0 Å². The fraction of sp³-hybridized carbons (Fsp3) is 0.0769. The van der Waals surface area contributed by atoms with Crippen molar-refractivity contribution in [2.24, 2.45) is 0 Å². The Hall–Kier alpha value is -1.61. The number of benzene rings is 2. The molecule has 0 aliphatic carbocycles. The molecule has 0 aliphatic heterocycles. The summed E-state index contributed by atoms with van der Waals surface area (Å²) in [5.41, 5.74) is 1.05. The largest absolute Gasteiger partial charge is 0.379 e. The van der Waals surface area contributed by atoms with E-state index in [1.807, 2.05) is 6.07 Å². The molecule has 0 spiro atoms. The summed E-state index contributed by atoms with van der Waals surface area (Å²) in [6, 6.07) is 11.2. The van der Waals surface area contributed by atoms with Gasteiger partial charge in [0, 0.05) is 11.6 Å². The zero-order valence-electron chi connectivity index (χ0n) is 8.88. The molecular weight excluding hydrogens is 244 g/mol. The molecule has 88 valence electrons. The highest BCUT2D eigenvalue weighted by atomic mass is 35.5. The van der Waals surface area contributed by atoms with Crippen LogP contribution in [0.1, 0.15) is 5.56 Å². The summed E-state index contributed by atoms with van der Waals surface area (Å²) >= 11 is 5.82. The van der Waals surface area contributed by atoms with Gasteiger partial charge in [0.2, 0.25) is 0 Å². The maximum atomic E-state index is 13.3. The van der Waals surface area contributed by atoms with E-state index in [-0.39, 0.29) is 5.69 Å². The topological polar surface area (TPSA) is 12.0 Å². The van der Waals surface area contributed by atoms with E-state index in [2.05, 4.69) is 5.32 Å². The van der Waals surface area contributed by atoms with Gasteiger partial charge in [0.1, 0.15) is 0 Å². The standard InChI is InChI=1S/C13H10ClF2N/c14-10-4-1-3-9(7-10)8-17-12-6-2-5-11(15)13(12)16/h1-7,17H,8H2. The minimum absolute atomic E-state index is 0.143. The van der Waals surface area contributed by atoms with Crippen LogP contribution in [0.3, 0.4) is 0 Å². The molecule has 1 N–H and O–H groups in total. The second-order valence-electron chi connectivity index (χ2n) is 3.58. The minimum Gasteiger partial charge on any atom is -0.379 e. The fourth-order valence-electron chi connectivity index (χ4n) is 1.48. The molecule has 1 nitrogen and oxygen atoms in total. The molecule has 0 atom stereocenters. The highest BCUT2D eigenvalue weighted by molar-refractivity contribution is 6.30. The zero-order valence-corrected chi connectivity index (χ0v) is 9.64. The molecule has 0 saturated carbocycles. The van der Waals surface area contributed by atoms with Gasteiger partial charge < -0.3 is 5.32 Å².